The summed E-state index contributed by atoms with van der Waals surface area (Å²) >= 11 is 0. The lowest BCUT2D eigenvalue weighted by Gasteiger charge is -2.32. The fourth-order valence-corrected chi connectivity index (χ4v) is 2.10. The second-order valence-electron chi connectivity index (χ2n) is 4.24. The lowest BCUT2D eigenvalue weighted by molar-refractivity contribution is 0.551. The van der Waals surface area contributed by atoms with Crippen LogP contribution in [0.3, 0.4) is 0 Å². The average molecular weight is 220 g/mol. The molecule has 0 fully saturated rings. The molecule has 0 aromatic heterocycles. The van der Waals surface area contributed by atoms with E-state index in [2.05, 4.69) is 55.3 Å². The minimum Gasteiger partial charge on any atom is -0.368 e. The van der Waals surface area contributed by atoms with Crippen molar-refractivity contribution in [2.24, 2.45) is 0 Å². The summed E-state index contributed by atoms with van der Waals surface area (Å²) in [5, 5.41) is 3.27. The van der Waals surface area contributed by atoms with Crippen LogP contribution in [0.15, 0.2) is 24.3 Å². The van der Waals surface area contributed by atoms with Gasteiger partial charge >= 0.3 is 0 Å². The number of rotatable bonds is 6. The Morgan fingerprint density at radius 1 is 1.19 bits per heavy atom. The Hall–Kier alpha value is -1.02. The van der Waals surface area contributed by atoms with Crippen molar-refractivity contribution < 1.29 is 0 Å². The third kappa shape index (κ3) is 3.24. The van der Waals surface area contributed by atoms with Crippen LogP contribution in [0.5, 0.6) is 0 Å². The van der Waals surface area contributed by atoms with Crippen LogP contribution in [-0.4, -0.2) is 26.2 Å². The molecule has 90 valence electrons. The van der Waals surface area contributed by atoms with E-state index in [9.17, 15) is 0 Å². The van der Waals surface area contributed by atoms with Crippen molar-refractivity contribution in [2.45, 2.75) is 33.2 Å². The van der Waals surface area contributed by atoms with Crippen molar-refractivity contribution in [2.75, 3.05) is 25.0 Å². The maximum atomic E-state index is 3.27. The molecule has 0 aliphatic heterocycles. The highest BCUT2D eigenvalue weighted by Gasteiger charge is 2.14. The van der Waals surface area contributed by atoms with E-state index in [0.29, 0.717) is 6.04 Å². The van der Waals surface area contributed by atoms with Gasteiger partial charge in [-0.15, -0.1) is 0 Å². The molecule has 2 heteroatoms. The molecule has 0 bridgehead atoms. The molecular weight excluding hydrogens is 196 g/mol. The van der Waals surface area contributed by atoms with Gasteiger partial charge in [0.15, 0.2) is 0 Å². The summed E-state index contributed by atoms with van der Waals surface area (Å²) in [4.78, 5) is 2.47. The van der Waals surface area contributed by atoms with Crippen LogP contribution in [0.25, 0.3) is 0 Å². The van der Waals surface area contributed by atoms with Crippen LogP contribution in [0.1, 0.15) is 25.8 Å². The predicted molar refractivity (Wildman–Crippen MR) is 72.2 cm³/mol. The highest BCUT2D eigenvalue weighted by molar-refractivity contribution is 5.48. The van der Waals surface area contributed by atoms with Crippen LogP contribution in [0, 0.1) is 6.92 Å². The summed E-state index contributed by atoms with van der Waals surface area (Å²) in [6.07, 6.45) is 1.17. The van der Waals surface area contributed by atoms with Gasteiger partial charge in [0.2, 0.25) is 0 Å². The SMILES string of the molecule is CCC(CNC)N(CC)c1ccc(C)cc1. The topological polar surface area (TPSA) is 15.3 Å². The molecule has 0 aliphatic rings. The second-order valence-corrected chi connectivity index (χ2v) is 4.24. The van der Waals surface area contributed by atoms with Crippen LogP contribution >= 0.6 is 0 Å². The summed E-state index contributed by atoms with van der Waals surface area (Å²) < 4.78 is 0. The fraction of sp³-hybridized carbons (Fsp3) is 0.571. The van der Waals surface area contributed by atoms with Gasteiger partial charge in [-0.2, -0.15) is 0 Å². The number of hydrogen-bond donors (Lipinski definition) is 1. The molecule has 0 saturated carbocycles. The Morgan fingerprint density at radius 2 is 1.81 bits per heavy atom. The molecular formula is C14H24N2. The Morgan fingerprint density at radius 3 is 2.25 bits per heavy atom. The van der Waals surface area contributed by atoms with Crippen molar-refractivity contribution >= 4 is 5.69 Å². The van der Waals surface area contributed by atoms with Crippen molar-refractivity contribution in [3.05, 3.63) is 29.8 Å². The lowest BCUT2D eigenvalue weighted by Crippen LogP contribution is -2.41. The third-order valence-corrected chi connectivity index (χ3v) is 3.06. The zero-order valence-electron chi connectivity index (χ0n) is 11.0. The van der Waals surface area contributed by atoms with E-state index in [-0.39, 0.29) is 0 Å². The van der Waals surface area contributed by atoms with E-state index in [0.717, 1.165) is 13.1 Å². The summed E-state index contributed by atoms with van der Waals surface area (Å²) in [7, 11) is 2.02. The maximum absolute atomic E-state index is 3.27. The minimum absolute atomic E-state index is 0.581. The number of hydrogen-bond acceptors (Lipinski definition) is 2. The molecule has 0 amide bonds. The first kappa shape index (κ1) is 13.0. The molecule has 1 unspecified atom stereocenters. The first-order valence-corrected chi connectivity index (χ1v) is 6.20. The van der Waals surface area contributed by atoms with E-state index < -0.39 is 0 Å². The first-order chi connectivity index (χ1) is 7.72. The van der Waals surface area contributed by atoms with E-state index in [1.807, 2.05) is 7.05 Å². The van der Waals surface area contributed by atoms with Crippen LogP contribution in [0.2, 0.25) is 0 Å². The van der Waals surface area contributed by atoms with Gasteiger partial charge in [-0.25, -0.2) is 0 Å². The maximum Gasteiger partial charge on any atom is 0.0411 e. The van der Waals surface area contributed by atoms with Crippen molar-refractivity contribution in [1.29, 1.82) is 0 Å². The highest BCUT2D eigenvalue weighted by Crippen LogP contribution is 2.18. The number of aryl methyl sites for hydroxylation is 1. The van der Waals surface area contributed by atoms with Crippen molar-refractivity contribution in [1.82, 2.24) is 5.32 Å². The van der Waals surface area contributed by atoms with Gasteiger partial charge in [-0.05, 0) is 39.4 Å². The van der Waals surface area contributed by atoms with E-state index in [4.69, 9.17) is 0 Å². The normalized spacial score (nSPS) is 12.5. The standard InChI is InChI=1S/C14H24N2/c1-5-13(11-15-4)16(6-2)14-9-7-12(3)8-10-14/h7-10,13,15H,5-6,11H2,1-4H3. The molecule has 0 heterocycles. The molecule has 0 aliphatic carbocycles. The number of likely N-dealkylation sites (N-methyl/N-ethyl adjacent to an activating group) is 2. The largest absolute Gasteiger partial charge is 0.368 e. The fourth-order valence-electron chi connectivity index (χ4n) is 2.10. The van der Waals surface area contributed by atoms with E-state index >= 15 is 0 Å². The molecule has 0 radical (unpaired) electrons. The molecule has 2 nitrogen and oxygen atoms in total. The van der Waals surface area contributed by atoms with Gasteiger partial charge in [0, 0.05) is 24.8 Å². The molecule has 1 aromatic rings. The van der Waals surface area contributed by atoms with Crippen LogP contribution < -0.4 is 10.2 Å². The minimum atomic E-state index is 0.581. The molecule has 1 N–H and O–H groups in total. The van der Waals surface area contributed by atoms with Gasteiger partial charge in [0.25, 0.3) is 0 Å². The summed E-state index contributed by atoms with van der Waals surface area (Å²) in [6.45, 7) is 8.70. The van der Waals surface area contributed by atoms with Crippen LogP contribution in [0.4, 0.5) is 5.69 Å². The monoisotopic (exact) mass is 220 g/mol. The van der Waals surface area contributed by atoms with Gasteiger partial charge < -0.3 is 10.2 Å². The second kappa shape index (κ2) is 6.54. The summed E-state index contributed by atoms with van der Waals surface area (Å²) in [6, 6.07) is 9.39. The quantitative estimate of drug-likeness (QED) is 0.793. The zero-order chi connectivity index (χ0) is 12.0. The molecule has 1 atom stereocenters. The Labute approximate surface area is 99.7 Å². The molecule has 0 saturated heterocycles. The van der Waals surface area contributed by atoms with Gasteiger partial charge in [-0.1, -0.05) is 24.6 Å². The number of nitrogens with zero attached hydrogens (tertiary/aromatic N) is 1. The lowest BCUT2D eigenvalue weighted by atomic mass is 10.1. The van der Waals surface area contributed by atoms with Crippen molar-refractivity contribution in [3.8, 4) is 0 Å². The van der Waals surface area contributed by atoms with Gasteiger partial charge in [0.05, 0.1) is 0 Å². The smallest absolute Gasteiger partial charge is 0.0411 e. The third-order valence-electron chi connectivity index (χ3n) is 3.06. The highest BCUT2D eigenvalue weighted by atomic mass is 15.2. The average Bonchev–Trinajstić information content (AvgIpc) is 2.31. The summed E-state index contributed by atoms with van der Waals surface area (Å²) in [5.41, 5.74) is 2.65. The number of nitrogens with one attached hydrogen (secondary N) is 1. The van der Waals surface area contributed by atoms with Crippen LogP contribution in [-0.2, 0) is 0 Å². The molecule has 1 rings (SSSR count). The van der Waals surface area contributed by atoms with E-state index in [1.165, 1.54) is 17.7 Å². The first-order valence-electron chi connectivity index (χ1n) is 6.20. The van der Waals surface area contributed by atoms with Crippen molar-refractivity contribution in [3.63, 3.8) is 0 Å². The number of anilines is 1. The molecule has 0 spiro atoms. The molecule has 16 heavy (non-hydrogen) atoms. The Balaban J connectivity index is 2.83. The van der Waals surface area contributed by atoms with Gasteiger partial charge in [0.1, 0.15) is 0 Å². The zero-order valence-corrected chi connectivity index (χ0v) is 11.0. The Bertz CT molecular complexity index is 292. The predicted octanol–water partition coefficient (Wildman–Crippen LogP) is 2.82. The van der Waals surface area contributed by atoms with Gasteiger partial charge in [-0.3, -0.25) is 0 Å². The summed E-state index contributed by atoms with van der Waals surface area (Å²) in [5.74, 6) is 0. The number of benzene rings is 1. The Kier molecular flexibility index (Phi) is 5.33. The van der Waals surface area contributed by atoms with E-state index in [1.54, 1.807) is 0 Å². The molecule has 1 aromatic carbocycles.